The Balaban J connectivity index is 2.02. The van der Waals surface area contributed by atoms with Crippen LogP contribution in [0.5, 0.6) is 0 Å². The van der Waals surface area contributed by atoms with Gasteiger partial charge in [0.15, 0.2) is 0 Å². The van der Waals surface area contributed by atoms with E-state index in [0.717, 1.165) is 28.1 Å². The molecule has 0 aliphatic carbocycles. The molecule has 128 valence electrons. The van der Waals surface area contributed by atoms with Crippen molar-refractivity contribution in [3.8, 4) is 0 Å². The number of carboxylic acids is 1. The van der Waals surface area contributed by atoms with E-state index < -0.39 is 12.0 Å². The number of carbonyl (C=O) groups is 2. The first-order valence-corrected chi connectivity index (χ1v) is 9.10. The summed E-state index contributed by atoms with van der Waals surface area (Å²) in [6.07, 6.45) is 1.79. The van der Waals surface area contributed by atoms with Crippen molar-refractivity contribution in [1.29, 1.82) is 0 Å². The monoisotopic (exact) mass is 371 g/mol. The molecule has 0 radical (unpaired) electrons. The number of aliphatic carboxylic acids is 1. The summed E-state index contributed by atoms with van der Waals surface area (Å²) in [5.74, 6) is -1.63. The summed E-state index contributed by atoms with van der Waals surface area (Å²) in [6.45, 7) is 3.54. The normalized spacial score (nSPS) is 17.7. The zero-order valence-electron chi connectivity index (χ0n) is 13.8. The first-order chi connectivity index (χ1) is 11.9. The second-order valence-electron chi connectivity index (χ2n) is 6.15. The van der Waals surface area contributed by atoms with Crippen LogP contribution in [0.4, 0.5) is 0 Å². The lowest BCUT2D eigenvalue weighted by Crippen LogP contribution is -2.47. The summed E-state index contributed by atoms with van der Waals surface area (Å²) in [7, 11) is 0. The Kier molecular flexibility index (Phi) is 4.92. The molecule has 1 aliphatic rings. The SMILES string of the molecule is CC(C)[C@H](C(=O)O)N1C(=O)/C(=C/c2cccc3ccccc23)SC1=S. The molecule has 1 heterocycles. The highest BCUT2D eigenvalue weighted by molar-refractivity contribution is 8.26. The molecule has 3 rings (SSSR count). The van der Waals surface area contributed by atoms with Gasteiger partial charge in [0.2, 0.25) is 0 Å². The lowest BCUT2D eigenvalue weighted by Gasteiger charge is -2.26. The van der Waals surface area contributed by atoms with Crippen LogP contribution in [0.25, 0.3) is 16.8 Å². The van der Waals surface area contributed by atoms with Gasteiger partial charge in [-0.3, -0.25) is 9.69 Å². The number of thiocarbonyl (C=S) groups is 1. The minimum Gasteiger partial charge on any atom is -0.480 e. The Morgan fingerprint density at radius 3 is 2.56 bits per heavy atom. The molecular formula is C19H17NO3S2. The maximum Gasteiger partial charge on any atom is 0.327 e. The number of benzene rings is 2. The summed E-state index contributed by atoms with van der Waals surface area (Å²) >= 11 is 6.44. The maximum absolute atomic E-state index is 12.8. The summed E-state index contributed by atoms with van der Waals surface area (Å²) < 4.78 is 0.289. The molecule has 2 aromatic rings. The average molecular weight is 371 g/mol. The van der Waals surface area contributed by atoms with Crippen LogP contribution in [0.15, 0.2) is 47.4 Å². The van der Waals surface area contributed by atoms with Crippen molar-refractivity contribution in [2.45, 2.75) is 19.9 Å². The summed E-state index contributed by atoms with van der Waals surface area (Å²) in [5, 5.41) is 11.6. The third-order valence-corrected chi connectivity index (χ3v) is 5.43. The molecule has 6 heteroatoms. The highest BCUT2D eigenvalue weighted by Gasteiger charge is 2.41. The second-order valence-corrected chi connectivity index (χ2v) is 7.82. The number of carboxylic acid groups (broad SMARTS) is 1. The van der Waals surface area contributed by atoms with Gasteiger partial charge in [-0.25, -0.2) is 4.79 Å². The van der Waals surface area contributed by atoms with Gasteiger partial charge in [0.05, 0.1) is 4.91 Å². The fourth-order valence-electron chi connectivity index (χ4n) is 2.93. The molecule has 25 heavy (non-hydrogen) atoms. The van der Waals surface area contributed by atoms with Crippen LogP contribution in [-0.4, -0.2) is 32.2 Å². The van der Waals surface area contributed by atoms with E-state index >= 15 is 0 Å². The van der Waals surface area contributed by atoms with Crippen molar-refractivity contribution in [3.05, 3.63) is 52.9 Å². The van der Waals surface area contributed by atoms with Crippen LogP contribution < -0.4 is 0 Å². The minimum atomic E-state index is -1.04. The van der Waals surface area contributed by atoms with Crippen LogP contribution in [0.3, 0.4) is 0 Å². The van der Waals surface area contributed by atoms with E-state index in [2.05, 4.69) is 0 Å². The fourth-order valence-corrected chi connectivity index (χ4v) is 4.25. The number of amides is 1. The highest BCUT2D eigenvalue weighted by atomic mass is 32.2. The van der Waals surface area contributed by atoms with Gasteiger partial charge in [0, 0.05) is 0 Å². The van der Waals surface area contributed by atoms with Crippen molar-refractivity contribution in [3.63, 3.8) is 0 Å². The summed E-state index contributed by atoms with van der Waals surface area (Å²) in [5.41, 5.74) is 0.912. The molecule has 1 amide bonds. The Labute approximate surface area is 155 Å². The Bertz CT molecular complexity index is 899. The van der Waals surface area contributed by atoms with Crippen molar-refractivity contribution >= 4 is 57.0 Å². The molecule has 0 saturated carbocycles. The van der Waals surface area contributed by atoms with E-state index in [1.807, 2.05) is 42.5 Å². The van der Waals surface area contributed by atoms with Gasteiger partial charge in [-0.05, 0) is 28.3 Å². The van der Waals surface area contributed by atoms with E-state index in [1.165, 1.54) is 4.90 Å². The van der Waals surface area contributed by atoms with E-state index in [4.69, 9.17) is 12.2 Å². The smallest absolute Gasteiger partial charge is 0.327 e. The van der Waals surface area contributed by atoms with E-state index in [-0.39, 0.29) is 16.1 Å². The van der Waals surface area contributed by atoms with Crippen molar-refractivity contribution in [1.82, 2.24) is 4.90 Å². The van der Waals surface area contributed by atoms with Crippen LogP contribution in [0.2, 0.25) is 0 Å². The van der Waals surface area contributed by atoms with Crippen molar-refractivity contribution in [2.75, 3.05) is 0 Å². The van der Waals surface area contributed by atoms with Crippen LogP contribution in [0, 0.1) is 5.92 Å². The number of carbonyl (C=O) groups excluding carboxylic acids is 1. The zero-order valence-corrected chi connectivity index (χ0v) is 15.4. The lowest BCUT2D eigenvalue weighted by molar-refractivity contribution is -0.146. The molecule has 0 aromatic heterocycles. The first kappa shape index (κ1) is 17.6. The third-order valence-electron chi connectivity index (χ3n) is 4.10. The molecule has 1 saturated heterocycles. The number of rotatable bonds is 4. The van der Waals surface area contributed by atoms with E-state index in [9.17, 15) is 14.7 Å². The average Bonchev–Trinajstić information content (AvgIpc) is 2.83. The molecule has 2 aromatic carbocycles. The van der Waals surface area contributed by atoms with Crippen molar-refractivity contribution < 1.29 is 14.7 Å². The number of thioether (sulfide) groups is 1. The number of hydrogen-bond donors (Lipinski definition) is 1. The lowest BCUT2D eigenvalue weighted by atomic mass is 10.0. The number of hydrogen-bond acceptors (Lipinski definition) is 4. The molecule has 0 spiro atoms. The summed E-state index contributed by atoms with van der Waals surface area (Å²) in [4.78, 5) is 26.0. The zero-order chi connectivity index (χ0) is 18.1. The quantitative estimate of drug-likeness (QED) is 0.646. The highest BCUT2D eigenvalue weighted by Crippen LogP contribution is 2.36. The molecule has 1 atom stereocenters. The van der Waals surface area contributed by atoms with Gasteiger partial charge in [-0.15, -0.1) is 0 Å². The van der Waals surface area contributed by atoms with Gasteiger partial charge < -0.3 is 5.11 Å². The van der Waals surface area contributed by atoms with Crippen LogP contribution in [0.1, 0.15) is 19.4 Å². The number of nitrogens with zero attached hydrogens (tertiary/aromatic N) is 1. The molecule has 0 unspecified atom stereocenters. The first-order valence-electron chi connectivity index (χ1n) is 7.88. The Hall–Kier alpha value is -2.18. The van der Waals surface area contributed by atoms with Gasteiger partial charge >= 0.3 is 5.97 Å². The standard InChI is InChI=1S/C19H17NO3S2/c1-11(2)16(18(22)23)20-17(21)15(25-19(20)24)10-13-8-5-7-12-6-3-4-9-14(12)13/h3-11,16H,1-2H3,(H,22,23)/b15-10-/t16-/m1/s1. The fraction of sp³-hybridized carbons (Fsp3) is 0.211. The molecule has 0 bridgehead atoms. The molecule has 1 aliphatic heterocycles. The van der Waals surface area contributed by atoms with Crippen LogP contribution in [-0.2, 0) is 9.59 Å². The molecule has 1 N–H and O–H groups in total. The van der Waals surface area contributed by atoms with Crippen LogP contribution >= 0.6 is 24.0 Å². The van der Waals surface area contributed by atoms with Gasteiger partial charge in [0.1, 0.15) is 10.4 Å². The van der Waals surface area contributed by atoms with E-state index in [1.54, 1.807) is 19.9 Å². The Morgan fingerprint density at radius 2 is 1.88 bits per heavy atom. The van der Waals surface area contributed by atoms with Crippen molar-refractivity contribution in [2.24, 2.45) is 5.92 Å². The minimum absolute atomic E-state index is 0.239. The van der Waals surface area contributed by atoms with Gasteiger partial charge in [-0.1, -0.05) is 80.3 Å². The maximum atomic E-state index is 12.8. The Morgan fingerprint density at radius 1 is 1.20 bits per heavy atom. The predicted molar refractivity (Wildman–Crippen MR) is 105 cm³/mol. The largest absolute Gasteiger partial charge is 0.480 e. The number of fused-ring (bicyclic) bond motifs is 1. The molecule has 1 fully saturated rings. The summed E-state index contributed by atoms with van der Waals surface area (Å²) in [6, 6.07) is 12.8. The third kappa shape index (κ3) is 3.32. The van der Waals surface area contributed by atoms with E-state index in [0.29, 0.717) is 4.91 Å². The predicted octanol–water partition coefficient (Wildman–Crippen LogP) is 4.15. The second kappa shape index (κ2) is 6.98. The van der Waals surface area contributed by atoms with Gasteiger partial charge in [0.25, 0.3) is 5.91 Å². The topological polar surface area (TPSA) is 57.6 Å². The van der Waals surface area contributed by atoms with Gasteiger partial charge in [-0.2, -0.15) is 0 Å². The molecule has 4 nitrogen and oxygen atoms in total. The molecular weight excluding hydrogens is 354 g/mol.